The first kappa shape index (κ1) is 8.51. The Bertz CT molecular complexity index is 153. The van der Waals surface area contributed by atoms with Gasteiger partial charge in [0.15, 0.2) is 0 Å². The Morgan fingerprint density at radius 1 is 1.64 bits per heavy atom. The maximum atomic E-state index is 8.59. The van der Waals surface area contributed by atoms with Crippen molar-refractivity contribution >= 4 is 0 Å². The van der Waals surface area contributed by atoms with Crippen LogP contribution in [-0.2, 0) is 4.84 Å². The molecule has 1 saturated carbocycles. The average molecular weight is 154 g/mol. The lowest BCUT2D eigenvalue weighted by molar-refractivity contribution is 0.0257. The molecule has 0 heterocycles. The minimum atomic E-state index is 0.243. The Kier molecular flexibility index (Phi) is 3.34. The number of rotatable bonds is 3. The largest absolute Gasteiger partial charge is 0.302 e. The predicted octanol–water partition coefficient (Wildman–Crippen LogP) is 1.22. The molecule has 0 aromatic carbocycles. The first-order valence-corrected chi connectivity index (χ1v) is 4.13. The molecule has 2 atom stereocenters. The zero-order valence-corrected chi connectivity index (χ0v) is 6.84. The van der Waals surface area contributed by atoms with Crippen LogP contribution < -0.4 is 5.48 Å². The van der Waals surface area contributed by atoms with Crippen molar-refractivity contribution in [3.8, 4) is 6.07 Å². The van der Waals surface area contributed by atoms with Crippen molar-refractivity contribution in [2.45, 2.75) is 32.2 Å². The highest BCUT2D eigenvalue weighted by Gasteiger charge is 2.23. The van der Waals surface area contributed by atoms with Crippen LogP contribution in [-0.4, -0.2) is 12.6 Å². The van der Waals surface area contributed by atoms with Crippen molar-refractivity contribution in [1.29, 1.82) is 5.26 Å². The minimum Gasteiger partial charge on any atom is -0.302 e. The minimum absolute atomic E-state index is 0.243. The van der Waals surface area contributed by atoms with E-state index in [1.54, 1.807) is 0 Å². The van der Waals surface area contributed by atoms with Gasteiger partial charge in [0, 0.05) is 12.0 Å². The third kappa shape index (κ3) is 2.49. The van der Waals surface area contributed by atoms with E-state index in [4.69, 9.17) is 10.1 Å². The highest BCUT2D eigenvalue weighted by atomic mass is 16.6. The van der Waals surface area contributed by atoms with Crippen molar-refractivity contribution in [2.24, 2.45) is 5.92 Å². The summed E-state index contributed by atoms with van der Waals surface area (Å²) >= 11 is 0. The molecular formula is C8H14N2O. The molecule has 0 saturated heterocycles. The van der Waals surface area contributed by atoms with Gasteiger partial charge >= 0.3 is 0 Å². The van der Waals surface area contributed by atoms with Gasteiger partial charge in [-0.3, -0.25) is 0 Å². The lowest BCUT2D eigenvalue weighted by Crippen LogP contribution is -2.26. The quantitative estimate of drug-likeness (QED) is 0.622. The molecule has 1 fully saturated rings. The smallest absolute Gasteiger partial charge is 0.0656 e. The van der Waals surface area contributed by atoms with Crippen molar-refractivity contribution in [3.05, 3.63) is 0 Å². The zero-order chi connectivity index (χ0) is 8.10. The van der Waals surface area contributed by atoms with Gasteiger partial charge in [0.05, 0.1) is 12.7 Å². The fourth-order valence-corrected chi connectivity index (χ4v) is 1.41. The lowest BCUT2D eigenvalue weighted by atomic mass is 10.1. The van der Waals surface area contributed by atoms with Gasteiger partial charge in [0.25, 0.3) is 0 Å². The van der Waals surface area contributed by atoms with E-state index in [0.717, 1.165) is 19.3 Å². The van der Waals surface area contributed by atoms with Gasteiger partial charge < -0.3 is 4.84 Å². The van der Waals surface area contributed by atoms with Crippen LogP contribution in [0.5, 0.6) is 0 Å². The van der Waals surface area contributed by atoms with Crippen LogP contribution in [0.3, 0.4) is 0 Å². The van der Waals surface area contributed by atoms with E-state index >= 15 is 0 Å². The molecule has 2 unspecified atom stereocenters. The SMILES string of the molecule is CCONC1CCC(C#N)C1. The second kappa shape index (κ2) is 4.32. The third-order valence-corrected chi connectivity index (χ3v) is 2.01. The van der Waals surface area contributed by atoms with E-state index in [9.17, 15) is 0 Å². The molecule has 0 spiro atoms. The third-order valence-electron chi connectivity index (χ3n) is 2.01. The van der Waals surface area contributed by atoms with Crippen molar-refractivity contribution in [3.63, 3.8) is 0 Å². The number of hydrogen-bond donors (Lipinski definition) is 1. The summed E-state index contributed by atoms with van der Waals surface area (Å²) in [5, 5.41) is 8.59. The topological polar surface area (TPSA) is 45.0 Å². The molecule has 0 aromatic heterocycles. The predicted molar refractivity (Wildman–Crippen MR) is 41.5 cm³/mol. The van der Waals surface area contributed by atoms with Gasteiger partial charge in [-0.25, -0.2) is 0 Å². The Balaban J connectivity index is 2.15. The maximum absolute atomic E-state index is 8.59. The summed E-state index contributed by atoms with van der Waals surface area (Å²) in [6.07, 6.45) is 3.02. The Hall–Kier alpha value is -0.590. The fraction of sp³-hybridized carbons (Fsp3) is 0.875. The van der Waals surface area contributed by atoms with E-state index in [-0.39, 0.29) is 5.92 Å². The van der Waals surface area contributed by atoms with E-state index in [2.05, 4.69) is 11.5 Å². The summed E-state index contributed by atoms with van der Waals surface area (Å²) in [6, 6.07) is 2.68. The van der Waals surface area contributed by atoms with Crippen LogP contribution in [0.4, 0.5) is 0 Å². The highest BCUT2D eigenvalue weighted by molar-refractivity contribution is 4.91. The average Bonchev–Trinajstić information content (AvgIpc) is 2.48. The molecule has 1 aliphatic carbocycles. The first-order chi connectivity index (χ1) is 5.36. The number of nitrogens with zero attached hydrogens (tertiary/aromatic N) is 1. The number of hydrogen-bond acceptors (Lipinski definition) is 3. The second-order valence-corrected chi connectivity index (χ2v) is 2.89. The molecule has 1 N–H and O–H groups in total. The Morgan fingerprint density at radius 3 is 3.00 bits per heavy atom. The second-order valence-electron chi connectivity index (χ2n) is 2.89. The summed E-state index contributed by atoms with van der Waals surface area (Å²) in [5.74, 6) is 0.243. The van der Waals surface area contributed by atoms with Crippen LogP contribution in [0.2, 0.25) is 0 Å². The number of nitrogens with one attached hydrogen (secondary N) is 1. The Morgan fingerprint density at radius 2 is 2.45 bits per heavy atom. The van der Waals surface area contributed by atoms with E-state index < -0.39 is 0 Å². The van der Waals surface area contributed by atoms with Gasteiger partial charge in [-0.05, 0) is 26.2 Å². The molecule has 0 amide bonds. The lowest BCUT2D eigenvalue weighted by Gasteiger charge is -2.09. The molecule has 0 bridgehead atoms. The van der Waals surface area contributed by atoms with Crippen LogP contribution in [0.15, 0.2) is 0 Å². The maximum Gasteiger partial charge on any atom is 0.0656 e. The molecule has 0 aromatic rings. The number of nitriles is 1. The summed E-state index contributed by atoms with van der Waals surface area (Å²) in [5.41, 5.74) is 2.94. The molecule has 62 valence electrons. The van der Waals surface area contributed by atoms with Gasteiger partial charge in [-0.15, -0.1) is 0 Å². The first-order valence-electron chi connectivity index (χ1n) is 4.13. The van der Waals surface area contributed by atoms with Gasteiger partial charge in [-0.2, -0.15) is 10.7 Å². The normalized spacial score (nSPS) is 30.2. The van der Waals surface area contributed by atoms with Crippen LogP contribution >= 0.6 is 0 Å². The van der Waals surface area contributed by atoms with Crippen LogP contribution in [0, 0.1) is 17.2 Å². The summed E-state index contributed by atoms with van der Waals surface area (Å²) in [7, 11) is 0. The fourth-order valence-electron chi connectivity index (χ4n) is 1.41. The summed E-state index contributed by atoms with van der Waals surface area (Å²) in [4.78, 5) is 5.05. The van der Waals surface area contributed by atoms with E-state index in [1.807, 2.05) is 6.92 Å². The molecule has 1 rings (SSSR count). The highest BCUT2D eigenvalue weighted by Crippen LogP contribution is 2.24. The molecule has 0 radical (unpaired) electrons. The molecule has 0 aliphatic heterocycles. The van der Waals surface area contributed by atoms with Crippen molar-refractivity contribution in [1.82, 2.24) is 5.48 Å². The number of hydroxylamine groups is 1. The molecular weight excluding hydrogens is 140 g/mol. The van der Waals surface area contributed by atoms with Crippen LogP contribution in [0.25, 0.3) is 0 Å². The zero-order valence-electron chi connectivity index (χ0n) is 6.84. The van der Waals surface area contributed by atoms with E-state index in [0.29, 0.717) is 12.6 Å². The summed E-state index contributed by atoms with van der Waals surface area (Å²) in [6.45, 7) is 2.64. The van der Waals surface area contributed by atoms with Gasteiger partial charge in [0.1, 0.15) is 0 Å². The Labute approximate surface area is 67.3 Å². The molecule has 11 heavy (non-hydrogen) atoms. The van der Waals surface area contributed by atoms with Crippen molar-refractivity contribution in [2.75, 3.05) is 6.61 Å². The monoisotopic (exact) mass is 154 g/mol. The molecule has 3 heteroatoms. The van der Waals surface area contributed by atoms with E-state index in [1.165, 1.54) is 0 Å². The van der Waals surface area contributed by atoms with Gasteiger partial charge in [-0.1, -0.05) is 0 Å². The standard InChI is InChI=1S/C8H14N2O/c1-2-11-10-8-4-3-7(5-8)6-9/h7-8,10H,2-5H2,1H3. The molecule has 3 nitrogen and oxygen atoms in total. The van der Waals surface area contributed by atoms with Gasteiger partial charge in [0.2, 0.25) is 0 Å². The summed E-state index contributed by atoms with van der Waals surface area (Å²) < 4.78 is 0. The van der Waals surface area contributed by atoms with Crippen molar-refractivity contribution < 1.29 is 4.84 Å². The van der Waals surface area contributed by atoms with Crippen LogP contribution in [0.1, 0.15) is 26.2 Å². The molecule has 1 aliphatic rings.